The number of anilines is 1. The molecule has 0 bridgehead atoms. The Balaban J connectivity index is 2.71. The number of nitrogens with one attached hydrogen (secondary N) is 1. The number of Topliss-reactive ketones (excluding diaryl/α,β-unsaturated/α-hetero) is 1. The lowest BCUT2D eigenvalue weighted by atomic mass is 9.65. The Labute approximate surface area is 319 Å². The highest BCUT2D eigenvalue weighted by Crippen LogP contribution is 2.50. The van der Waals surface area contributed by atoms with Crippen molar-refractivity contribution in [1.82, 2.24) is 4.90 Å². The van der Waals surface area contributed by atoms with Crippen LogP contribution in [0.15, 0.2) is 47.5 Å². The Hall–Kier alpha value is -4.25. The average molecular weight is 753 g/mol. The molecule has 2 aromatic rings. The Morgan fingerprint density at radius 2 is 1.45 bits per heavy atom. The van der Waals surface area contributed by atoms with Crippen LogP contribution in [0.4, 0.5) is 10.5 Å². The molecule has 1 aliphatic heterocycles. The third-order valence-electron chi connectivity index (χ3n) is 10.4. The molecular formula is C41H57ClN4O7. The quantitative estimate of drug-likeness (QED) is 0.0719. The lowest BCUT2D eigenvalue weighted by Crippen LogP contribution is -2.66. The number of ether oxygens (including phenoxy) is 2. The summed E-state index contributed by atoms with van der Waals surface area (Å²) < 4.78 is 12.0. The van der Waals surface area contributed by atoms with Gasteiger partial charge in [-0.15, -0.1) is 0 Å². The number of halogens is 1. The Morgan fingerprint density at radius 3 is 1.96 bits per heavy atom. The molecule has 0 saturated heterocycles. The van der Waals surface area contributed by atoms with E-state index in [2.05, 4.69) is 10.3 Å². The van der Waals surface area contributed by atoms with Gasteiger partial charge in [-0.05, 0) is 53.9 Å². The molecule has 0 radical (unpaired) electrons. The van der Waals surface area contributed by atoms with Crippen molar-refractivity contribution >= 4 is 53.1 Å². The first-order valence-corrected chi connectivity index (χ1v) is 18.8. The van der Waals surface area contributed by atoms with Crippen LogP contribution in [0.2, 0.25) is 0 Å². The van der Waals surface area contributed by atoms with Crippen LogP contribution in [0.1, 0.15) is 125 Å². The van der Waals surface area contributed by atoms with Crippen LogP contribution in [0.5, 0.6) is 5.75 Å². The minimum atomic E-state index is -2.56. The smallest absolute Gasteiger partial charge is 0.345 e. The standard InChI is InChI=1S/C41H57ClN4O7/c1-12-16-22-52-32(47)30-25-44-36(51)46(30)41(33(48)37(5,6)7,35(50)45-26-20-18-17-19-21-26)28-24-31(53-40(42,15-4)34(43)49)29(39(10,11)14-3)23-27(28)38(8,9)13-2/h17-21,23-25,30H,12-16,22H2,1-11H3,(H2,43,49)(H,45,50). The van der Waals surface area contributed by atoms with Crippen molar-refractivity contribution in [2.24, 2.45) is 16.1 Å². The third-order valence-corrected chi connectivity index (χ3v) is 10.9. The number of esters is 1. The van der Waals surface area contributed by atoms with Crippen molar-refractivity contribution in [3.8, 4) is 5.75 Å². The molecule has 1 heterocycles. The molecule has 0 spiro atoms. The summed E-state index contributed by atoms with van der Waals surface area (Å²) in [6.07, 6.45) is 3.56. The second kappa shape index (κ2) is 16.4. The summed E-state index contributed by atoms with van der Waals surface area (Å²) in [5.41, 5.74) is 2.19. The number of benzene rings is 2. The van der Waals surface area contributed by atoms with E-state index in [1.54, 1.807) is 58.0 Å². The fraction of sp³-hybridized carbons (Fsp3) is 0.561. The van der Waals surface area contributed by atoms with E-state index < -0.39 is 62.5 Å². The van der Waals surface area contributed by atoms with Crippen molar-refractivity contribution < 1.29 is 33.4 Å². The third kappa shape index (κ3) is 8.61. The molecule has 53 heavy (non-hydrogen) atoms. The second-order valence-corrected chi connectivity index (χ2v) is 16.5. The maximum atomic E-state index is 15.5. The van der Waals surface area contributed by atoms with Crippen LogP contribution in [-0.2, 0) is 40.3 Å². The largest absolute Gasteiger partial charge is 0.464 e. The number of hydrogen-bond donors (Lipinski definition) is 2. The first-order chi connectivity index (χ1) is 24.6. The minimum Gasteiger partial charge on any atom is -0.464 e. The number of carbonyl (C=O) groups excluding carboxylic acids is 5. The predicted octanol–water partition coefficient (Wildman–Crippen LogP) is 7.94. The number of carbonyl (C=O) groups is 5. The summed E-state index contributed by atoms with van der Waals surface area (Å²) in [4.78, 5) is 76.9. The SMILES string of the molecule is CCCCOC(=O)C1C=NC(=O)N1C(C(=O)Nc1ccccc1)(C(=O)C(C)(C)C)c1cc(OC(Cl)(CC)C(N)=O)c(C(C)(C)CC)cc1C(C)(C)CC. The van der Waals surface area contributed by atoms with Gasteiger partial charge < -0.3 is 20.5 Å². The zero-order chi connectivity index (χ0) is 40.2. The van der Waals surface area contributed by atoms with Gasteiger partial charge in [0, 0.05) is 34.9 Å². The lowest BCUT2D eigenvalue weighted by Gasteiger charge is -2.46. The number of hydrogen-bond acceptors (Lipinski definition) is 7. The van der Waals surface area contributed by atoms with E-state index in [0.717, 1.165) is 17.5 Å². The van der Waals surface area contributed by atoms with Crippen molar-refractivity contribution in [2.75, 3.05) is 11.9 Å². The highest BCUT2D eigenvalue weighted by Gasteiger charge is 2.63. The summed E-state index contributed by atoms with van der Waals surface area (Å²) in [6, 6.07) is 9.36. The molecule has 11 nitrogen and oxygen atoms in total. The maximum absolute atomic E-state index is 15.5. The predicted molar refractivity (Wildman–Crippen MR) is 208 cm³/mol. The van der Waals surface area contributed by atoms with E-state index in [0.29, 0.717) is 36.1 Å². The number of aliphatic imine (C=N–C) groups is 1. The number of rotatable bonds is 17. The number of alkyl halides is 1. The number of unbranched alkanes of at least 4 members (excludes halogenated alkanes) is 1. The Bertz CT molecular complexity index is 1730. The molecule has 4 amide bonds. The molecule has 2 aromatic carbocycles. The molecule has 0 aliphatic carbocycles. The normalized spacial score (nSPS) is 17.2. The van der Waals surface area contributed by atoms with Crippen molar-refractivity contribution in [3.05, 3.63) is 59.2 Å². The molecule has 0 saturated carbocycles. The zero-order valence-corrected chi connectivity index (χ0v) is 33.9. The molecule has 3 N–H and O–H groups in total. The molecule has 1 aliphatic rings. The van der Waals surface area contributed by atoms with Crippen molar-refractivity contribution in [1.29, 1.82) is 0 Å². The summed E-state index contributed by atoms with van der Waals surface area (Å²) in [5.74, 6) is -3.29. The first kappa shape index (κ1) is 43.2. The summed E-state index contributed by atoms with van der Waals surface area (Å²) in [6.45, 7) is 20.5. The van der Waals surface area contributed by atoms with E-state index in [4.69, 9.17) is 26.8 Å². The highest BCUT2D eigenvalue weighted by molar-refractivity contribution is 6.33. The van der Waals surface area contributed by atoms with E-state index >= 15 is 9.59 Å². The van der Waals surface area contributed by atoms with Gasteiger partial charge in [-0.2, -0.15) is 0 Å². The monoisotopic (exact) mass is 752 g/mol. The summed E-state index contributed by atoms with van der Waals surface area (Å²) >= 11 is 6.77. The van der Waals surface area contributed by atoms with Gasteiger partial charge in [0.05, 0.1) is 6.61 Å². The topological polar surface area (TPSA) is 157 Å². The van der Waals surface area contributed by atoms with Crippen LogP contribution in [0, 0.1) is 5.41 Å². The van der Waals surface area contributed by atoms with Crippen LogP contribution in [0.3, 0.4) is 0 Å². The number of urea groups is 1. The van der Waals surface area contributed by atoms with Crippen LogP contribution in [0.25, 0.3) is 0 Å². The second-order valence-electron chi connectivity index (χ2n) is 15.9. The molecule has 3 atom stereocenters. The van der Waals surface area contributed by atoms with E-state index in [1.807, 2.05) is 54.5 Å². The average Bonchev–Trinajstić information content (AvgIpc) is 3.49. The molecule has 12 heteroatoms. The first-order valence-electron chi connectivity index (χ1n) is 18.4. The number of nitrogens with two attached hydrogens (primary N) is 1. The van der Waals surface area contributed by atoms with Gasteiger partial charge in [0.2, 0.25) is 5.54 Å². The van der Waals surface area contributed by atoms with Crippen molar-refractivity contribution in [2.45, 2.75) is 136 Å². The molecule has 3 rings (SSSR count). The lowest BCUT2D eigenvalue weighted by molar-refractivity contribution is -0.154. The molecule has 0 aromatic heterocycles. The number of para-hydroxylation sites is 1. The van der Waals surface area contributed by atoms with Gasteiger partial charge in [-0.3, -0.25) is 19.3 Å². The van der Waals surface area contributed by atoms with E-state index in [1.165, 1.54) is 6.07 Å². The molecule has 0 fully saturated rings. The number of ketones is 1. The van der Waals surface area contributed by atoms with Crippen molar-refractivity contribution in [3.63, 3.8) is 0 Å². The highest BCUT2D eigenvalue weighted by atomic mass is 35.5. The summed E-state index contributed by atoms with van der Waals surface area (Å²) in [7, 11) is 0. The Kier molecular flexibility index (Phi) is 13.4. The number of nitrogens with zero attached hydrogens (tertiary/aromatic N) is 2. The molecule has 3 unspecified atom stereocenters. The number of primary amides is 1. The van der Waals surface area contributed by atoms with Crippen LogP contribution < -0.4 is 15.8 Å². The van der Waals surface area contributed by atoms with E-state index in [9.17, 15) is 14.4 Å². The maximum Gasteiger partial charge on any atom is 0.345 e. The Morgan fingerprint density at radius 1 is 0.868 bits per heavy atom. The minimum absolute atomic E-state index is 0.0158. The van der Waals surface area contributed by atoms with E-state index in [-0.39, 0.29) is 24.3 Å². The fourth-order valence-corrected chi connectivity index (χ4v) is 6.27. The fourth-order valence-electron chi connectivity index (χ4n) is 6.19. The van der Waals surface area contributed by atoms with Crippen LogP contribution in [-0.4, -0.2) is 58.4 Å². The number of amides is 4. The van der Waals surface area contributed by atoms with Gasteiger partial charge in [0.25, 0.3) is 16.9 Å². The van der Waals surface area contributed by atoms with Gasteiger partial charge >= 0.3 is 12.0 Å². The van der Waals surface area contributed by atoms with Gasteiger partial charge in [-0.1, -0.05) is 118 Å². The van der Waals surface area contributed by atoms with Gasteiger partial charge in [-0.25, -0.2) is 14.6 Å². The van der Waals surface area contributed by atoms with Gasteiger partial charge in [0.1, 0.15) is 5.75 Å². The molecule has 290 valence electrons. The molecular weight excluding hydrogens is 696 g/mol. The van der Waals surface area contributed by atoms with Gasteiger partial charge in [0.15, 0.2) is 11.8 Å². The summed E-state index contributed by atoms with van der Waals surface area (Å²) in [5, 5.41) is 0.890. The van der Waals surface area contributed by atoms with Crippen LogP contribution >= 0.6 is 11.6 Å². The zero-order valence-electron chi connectivity index (χ0n) is 33.1.